The molecule has 0 aliphatic carbocycles. The Hall–Kier alpha value is -2.42. The smallest absolute Gasteiger partial charge is 0.501 e. The van der Waals surface area contributed by atoms with Gasteiger partial charge in [-0.2, -0.15) is 13.2 Å². The van der Waals surface area contributed by atoms with E-state index in [2.05, 4.69) is 5.32 Å². The van der Waals surface area contributed by atoms with Crippen LogP contribution < -0.4 is 10.1 Å². The molecule has 0 saturated heterocycles. The first-order valence-electron chi connectivity index (χ1n) is 6.67. The average Bonchev–Trinajstić information content (AvgIpc) is 2.52. The van der Waals surface area contributed by atoms with E-state index in [-0.39, 0.29) is 23.7 Å². The molecule has 0 aromatic heterocycles. The average molecular weight is 361 g/mol. The Balaban J connectivity index is 2.28. The fourth-order valence-corrected chi connectivity index (χ4v) is 2.95. The predicted molar refractivity (Wildman–Crippen MR) is 81.7 cm³/mol. The lowest BCUT2D eigenvalue weighted by Crippen LogP contribution is -2.24. The number of hydrogen-bond donors (Lipinski definition) is 2. The number of nitrogens with one attached hydrogen (secondary N) is 1. The highest BCUT2D eigenvalue weighted by Gasteiger charge is 2.47. The van der Waals surface area contributed by atoms with Crippen molar-refractivity contribution < 1.29 is 31.4 Å². The monoisotopic (exact) mass is 361 g/mol. The third-order valence-corrected chi connectivity index (χ3v) is 4.75. The van der Waals surface area contributed by atoms with E-state index in [1.807, 2.05) is 0 Å². The lowest BCUT2D eigenvalue weighted by atomic mass is 10.2. The van der Waals surface area contributed by atoms with Gasteiger partial charge in [-0.1, -0.05) is 18.2 Å². The number of aromatic hydroxyl groups is 1. The summed E-state index contributed by atoms with van der Waals surface area (Å²) in [4.78, 5) is -0.852. The highest BCUT2D eigenvalue weighted by molar-refractivity contribution is 7.92. The van der Waals surface area contributed by atoms with Crippen LogP contribution in [-0.2, 0) is 16.4 Å². The minimum atomic E-state index is -5.46. The predicted octanol–water partition coefficient (Wildman–Crippen LogP) is 3.31. The van der Waals surface area contributed by atoms with Crippen LogP contribution in [0.3, 0.4) is 0 Å². The number of anilines is 1. The molecule has 2 aromatic carbocycles. The fraction of sp³-hybridized carbons (Fsp3) is 0.200. The molecular weight excluding hydrogens is 347 g/mol. The van der Waals surface area contributed by atoms with Crippen LogP contribution >= 0.6 is 0 Å². The Morgan fingerprint density at radius 1 is 1.17 bits per heavy atom. The molecule has 2 rings (SSSR count). The van der Waals surface area contributed by atoms with Gasteiger partial charge in [-0.15, -0.1) is 0 Å². The Kier molecular flexibility index (Phi) is 4.93. The maximum atomic E-state index is 12.7. The van der Waals surface area contributed by atoms with Crippen LogP contribution in [0, 0.1) is 0 Å². The number of ether oxygens (including phenoxy) is 1. The molecule has 5 nitrogen and oxygen atoms in total. The molecule has 9 heteroatoms. The lowest BCUT2D eigenvalue weighted by Gasteiger charge is -2.14. The molecule has 0 aliphatic rings. The number of para-hydroxylation sites is 1. The summed E-state index contributed by atoms with van der Waals surface area (Å²) >= 11 is 0. The van der Waals surface area contributed by atoms with Gasteiger partial charge >= 0.3 is 5.51 Å². The molecular formula is C15H14F3NO4S. The molecule has 2 N–H and O–H groups in total. The lowest BCUT2D eigenvalue weighted by molar-refractivity contribution is -0.0435. The summed E-state index contributed by atoms with van der Waals surface area (Å²) in [6.45, 7) is 0.0158. The highest BCUT2D eigenvalue weighted by Crippen LogP contribution is 2.34. The first-order chi connectivity index (χ1) is 11.2. The number of phenols is 1. The van der Waals surface area contributed by atoms with E-state index >= 15 is 0 Å². The van der Waals surface area contributed by atoms with E-state index in [9.17, 15) is 26.7 Å². The van der Waals surface area contributed by atoms with Gasteiger partial charge in [0.05, 0.1) is 17.7 Å². The summed E-state index contributed by atoms with van der Waals surface area (Å²) in [6.07, 6.45) is 0. The van der Waals surface area contributed by atoms with Crippen LogP contribution in [0.4, 0.5) is 18.9 Å². The summed E-state index contributed by atoms with van der Waals surface area (Å²) in [7, 11) is -4.08. The van der Waals surface area contributed by atoms with Crippen LogP contribution in [0.25, 0.3) is 0 Å². The van der Waals surface area contributed by atoms with Crippen molar-refractivity contribution in [2.75, 3.05) is 12.4 Å². The van der Waals surface area contributed by atoms with Crippen LogP contribution in [0.15, 0.2) is 47.4 Å². The van der Waals surface area contributed by atoms with Gasteiger partial charge in [0.1, 0.15) is 0 Å². The van der Waals surface area contributed by atoms with E-state index in [0.29, 0.717) is 5.56 Å². The second kappa shape index (κ2) is 6.60. The van der Waals surface area contributed by atoms with Gasteiger partial charge in [0.25, 0.3) is 9.84 Å². The largest absolute Gasteiger partial charge is 0.504 e. The summed E-state index contributed by atoms with van der Waals surface area (Å²) in [5, 5.41) is 12.3. The molecule has 130 valence electrons. The van der Waals surface area contributed by atoms with E-state index < -0.39 is 20.2 Å². The molecule has 0 heterocycles. The first-order valence-corrected chi connectivity index (χ1v) is 8.15. The zero-order valence-corrected chi connectivity index (χ0v) is 13.3. The van der Waals surface area contributed by atoms with Crippen molar-refractivity contribution >= 4 is 15.5 Å². The van der Waals surface area contributed by atoms with Crippen molar-refractivity contribution in [2.45, 2.75) is 16.9 Å². The van der Waals surface area contributed by atoms with Crippen molar-refractivity contribution in [1.29, 1.82) is 0 Å². The van der Waals surface area contributed by atoms with Crippen molar-refractivity contribution in [2.24, 2.45) is 0 Å². The fourth-order valence-electron chi connectivity index (χ4n) is 2.01. The van der Waals surface area contributed by atoms with Gasteiger partial charge in [0.2, 0.25) is 0 Å². The second-order valence-corrected chi connectivity index (χ2v) is 6.71. The highest BCUT2D eigenvalue weighted by atomic mass is 32.2. The van der Waals surface area contributed by atoms with Crippen LogP contribution in [0.2, 0.25) is 0 Å². The van der Waals surface area contributed by atoms with Gasteiger partial charge in [-0.25, -0.2) is 8.42 Å². The first kappa shape index (κ1) is 17.9. The quantitative estimate of drug-likeness (QED) is 0.855. The summed E-state index contributed by atoms with van der Waals surface area (Å²) < 4.78 is 66.3. The molecule has 0 saturated carbocycles. The van der Waals surface area contributed by atoms with Crippen LogP contribution in [0.1, 0.15) is 5.56 Å². The van der Waals surface area contributed by atoms with E-state index in [0.717, 1.165) is 6.07 Å². The van der Waals surface area contributed by atoms with Gasteiger partial charge in [-0.3, -0.25) is 0 Å². The van der Waals surface area contributed by atoms with E-state index in [1.54, 1.807) is 6.07 Å². The number of phenolic OH excluding ortho intramolecular Hbond substituents is 1. The van der Waals surface area contributed by atoms with Crippen molar-refractivity contribution in [3.8, 4) is 11.5 Å². The Morgan fingerprint density at radius 3 is 2.42 bits per heavy atom. The number of alkyl halides is 3. The zero-order valence-electron chi connectivity index (χ0n) is 12.5. The van der Waals surface area contributed by atoms with E-state index in [4.69, 9.17) is 4.74 Å². The number of methoxy groups -OCH3 is 1. The molecule has 0 bridgehead atoms. The Labute approximate surface area is 136 Å². The third kappa shape index (κ3) is 3.56. The van der Waals surface area contributed by atoms with Crippen LogP contribution in [-0.4, -0.2) is 26.1 Å². The number of sulfone groups is 1. The molecule has 0 atom stereocenters. The van der Waals surface area contributed by atoms with E-state index in [1.165, 1.54) is 37.4 Å². The van der Waals surface area contributed by atoms with Crippen molar-refractivity contribution in [3.05, 3.63) is 48.0 Å². The van der Waals surface area contributed by atoms with Crippen molar-refractivity contribution in [1.82, 2.24) is 0 Å². The topological polar surface area (TPSA) is 75.6 Å². The third-order valence-electron chi connectivity index (χ3n) is 3.21. The van der Waals surface area contributed by atoms with Gasteiger partial charge in [-0.05, 0) is 29.8 Å². The molecule has 0 unspecified atom stereocenters. The molecule has 0 fully saturated rings. The molecule has 2 aromatic rings. The molecule has 0 spiro atoms. The molecule has 0 aliphatic heterocycles. The normalized spacial score (nSPS) is 12.0. The zero-order chi connectivity index (χ0) is 18.0. The summed E-state index contributed by atoms with van der Waals surface area (Å²) in [5.74, 6) is 0.117. The number of rotatable bonds is 5. The SMILES string of the molecule is COc1ccc(CNc2ccccc2S(=O)(=O)C(F)(F)F)cc1O. The standard InChI is InChI=1S/C15H14F3NO4S/c1-23-13-7-6-10(8-12(13)20)9-19-11-4-2-3-5-14(11)24(21,22)15(16,17)18/h2-8,19-20H,9H2,1H3. The van der Waals surface area contributed by atoms with Gasteiger partial charge < -0.3 is 15.2 Å². The maximum Gasteiger partial charge on any atom is 0.501 e. The van der Waals surface area contributed by atoms with Crippen LogP contribution in [0.5, 0.6) is 11.5 Å². The molecule has 24 heavy (non-hydrogen) atoms. The van der Waals surface area contributed by atoms with Gasteiger partial charge in [0.15, 0.2) is 11.5 Å². The van der Waals surface area contributed by atoms with Gasteiger partial charge in [0, 0.05) is 6.54 Å². The Morgan fingerprint density at radius 2 is 1.83 bits per heavy atom. The molecule has 0 radical (unpaired) electrons. The number of halogens is 3. The minimum absolute atomic E-state index is 0.0158. The second-order valence-electron chi connectivity index (χ2n) is 4.81. The minimum Gasteiger partial charge on any atom is -0.504 e. The van der Waals surface area contributed by atoms with Crippen molar-refractivity contribution in [3.63, 3.8) is 0 Å². The number of benzene rings is 2. The summed E-state index contributed by atoms with van der Waals surface area (Å²) in [5.41, 5.74) is -5.03. The number of hydrogen-bond acceptors (Lipinski definition) is 5. The maximum absolute atomic E-state index is 12.7. The Bertz CT molecular complexity index is 835. The molecule has 0 amide bonds. The summed E-state index contributed by atoms with van der Waals surface area (Å²) in [6, 6.07) is 9.20.